The van der Waals surface area contributed by atoms with Crippen LogP contribution in [0.15, 0.2) is 63.9 Å². The van der Waals surface area contributed by atoms with E-state index < -0.39 is 0 Å². The number of aryl methyl sites for hydroxylation is 1. The second kappa shape index (κ2) is 8.32. The molecule has 2 N–H and O–H groups in total. The van der Waals surface area contributed by atoms with Crippen LogP contribution in [-0.2, 0) is 11.2 Å². The fourth-order valence-corrected chi connectivity index (χ4v) is 3.17. The van der Waals surface area contributed by atoms with Gasteiger partial charge < -0.3 is 14.8 Å². The zero-order chi connectivity index (χ0) is 21.1. The number of hydrogen-bond acceptors (Lipinski definition) is 5. The van der Waals surface area contributed by atoms with Gasteiger partial charge in [-0.2, -0.15) is 4.98 Å². The summed E-state index contributed by atoms with van der Waals surface area (Å²) < 4.78 is 5.23. The van der Waals surface area contributed by atoms with E-state index in [0.29, 0.717) is 17.4 Å². The van der Waals surface area contributed by atoms with Gasteiger partial charge in [0.1, 0.15) is 0 Å². The van der Waals surface area contributed by atoms with Crippen molar-refractivity contribution in [3.05, 3.63) is 76.4 Å². The van der Waals surface area contributed by atoms with Crippen molar-refractivity contribution in [3.63, 3.8) is 0 Å². The number of rotatable bonds is 6. The number of anilines is 1. The highest BCUT2D eigenvalue weighted by Crippen LogP contribution is 2.19. The Bertz CT molecular complexity index is 1240. The number of carbonyl (C=O) groups excluding carboxylic acids is 1. The molecular formula is C23H22N4O3. The molecule has 0 fully saturated rings. The Morgan fingerprint density at radius 1 is 1.13 bits per heavy atom. The second-order valence-corrected chi connectivity index (χ2v) is 7.44. The first-order valence-electron chi connectivity index (χ1n) is 9.84. The SMILES string of the molecule is CC(C)c1ccc(NC(=O)CCc2nc(-c3cc4ccccc4[nH]c3=O)no2)cc1. The van der Waals surface area contributed by atoms with Gasteiger partial charge in [-0.1, -0.05) is 49.3 Å². The molecular weight excluding hydrogens is 380 g/mol. The number of nitrogens with zero attached hydrogens (tertiary/aromatic N) is 2. The lowest BCUT2D eigenvalue weighted by molar-refractivity contribution is -0.116. The van der Waals surface area contributed by atoms with Crippen LogP contribution in [0.5, 0.6) is 0 Å². The second-order valence-electron chi connectivity index (χ2n) is 7.44. The van der Waals surface area contributed by atoms with Gasteiger partial charge in [0, 0.05) is 24.0 Å². The first-order chi connectivity index (χ1) is 14.5. The van der Waals surface area contributed by atoms with Crippen LogP contribution < -0.4 is 10.9 Å². The van der Waals surface area contributed by atoms with Gasteiger partial charge in [0.25, 0.3) is 5.56 Å². The maximum Gasteiger partial charge on any atom is 0.259 e. The highest BCUT2D eigenvalue weighted by Gasteiger charge is 2.14. The molecule has 0 aliphatic heterocycles. The van der Waals surface area contributed by atoms with Crippen molar-refractivity contribution >= 4 is 22.5 Å². The minimum absolute atomic E-state index is 0.143. The van der Waals surface area contributed by atoms with Crippen LogP contribution in [0, 0.1) is 0 Å². The van der Waals surface area contributed by atoms with Crippen molar-refractivity contribution in [1.82, 2.24) is 15.1 Å². The molecule has 0 saturated carbocycles. The van der Waals surface area contributed by atoms with E-state index in [9.17, 15) is 9.59 Å². The Hall–Kier alpha value is -3.74. The molecule has 0 atom stereocenters. The minimum Gasteiger partial charge on any atom is -0.339 e. The van der Waals surface area contributed by atoms with E-state index in [1.54, 1.807) is 6.07 Å². The summed E-state index contributed by atoms with van der Waals surface area (Å²) in [6, 6.07) is 17.0. The van der Waals surface area contributed by atoms with Crippen LogP contribution in [0.2, 0.25) is 0 Å². The molecule has 0 radical (unpaired) electrons. The average molecular weight is 402 g/mol. The number of hydrogen-bond donors (Lipinski definition) is 2. The normalized spacial score (nSPS) is 11.2. The minimum atomic E-state index is -0.288. The Morgan fingerprint density at radius 3 is 2.67 bits per heavy atom. The van der Waals surface area contributed by atoms with Crippen LogP contribution in [0.25, 0.3) is 22.3 Å². The summed E-state index contributed by atoms with van der Waals surface area (Å²) >= 11 is 0. The molecule has 0 spiro atoms. The number of pyridine rings is 1. The third kappa shape index (κ3) is 4.30. The molecule has 4 aromatic rings. The predicted molar refractivity (Wildman–Crippen MR) is 115 cm³/mol. The van der Waals surface area contributed by atoms with Crippen molar-refractivity contribution in [2.45, 2.75) is 32.6 Å². The van der Waals surface area contributed by atoms with E-state index in [1.807, 2.05) is 48.5 Å². The quantitative estimate of drug-likeness (QED) is 0.501. The Morgan fingerprint density at radius 2 is 1.90 bits per heavy atom. The van der Waals surface area contributed by atoms with Gasteiger partial charge in [-0.3, -0.25) is 9.59 Å². The maximum absolute atomic E-state index is 12.3. The first kappa shape index (κ1) is 19.6. The Labute approximate surface area is 173 Å². The number of para-hydroxylation sites is 1. The lowest BCUT2D eigenvalue weighted by atomic mass is 10.0. The van der Waals surface area contributed by atoms with Crippen LogP contribution in [0.1, 0.15) is 37.6 Å². The highest BCUT2D eigenvalue weighted by molar-refractivity contribution is 5.90. The van der Waals surface area contributed by atoms with Crippen LogP contribution in [0.3, 0.4) is 0 Å². The fourth-order valence-electron chi connectivity index (χ4n) is 3.17. The van der Waals surface area contributed by atoms with Crippen molar-refractivity contribution in [3.8, 4) is 11.4 Å². The van der Waals surface area contributed by atoms with E-state index in [-0.39, 0.29) is 30.1 Å². The fraction of sp³-hybridized carbons (Fsp3) is 0.217. The molecule has 0 aliphatic rings. The van der Waals surface area contributed by atoms with Gasteiger partial charge in [0.05, 0.1) is 5.56 Å². The molecule has 7 heteroatoms. The number of benzene rings is 2. The summed E-state index contributed by atoms with van der Waals surface area (Å²) in [5, 5.41) is 7.64. The van der Waals surface area contributed by atoms with Gasteiger partial charge in [-0.15, -0.1) is 0 Å². The predicted octanol–water partition coefficient (Wildman–Crippen LogP) is 4.27. The van der Waals surface area contributed by atoms with E-state index in [0.717, 1.165) is 16.6 Å². The first-order valence-corrected chi connectivity index (χ1v) is 9.84. The van der Waals surface area contributed by atoms with Crippen molar-refractivity contribution < 1.29 is 9.32 Å². The number of nitrogens with one attached hydrogen (secondary N) is 2. The largest absolute Gasteiger partial charge is 0.339 e. The monoisotopic (exact) mass is 402 g/mol. The Kier molecular flexibility index (Phi) is 5.43. The molecule has 30 heavy (non-hydrogen) atoms. The van der Waals surface area contributed by atoms with Gasteiger partial charge in [-0.05, 0) is 41.1 Å². The molecule has 4 rings (SSSR count). The average Bonchev–Trinajstić information content (AvgIpc) is 3.21. The summed E-state index contributed by atoms with van der Waals surface area (Å²) in [6.45, 7) is 4.25. The molecule has 152 valence electrons. The lowest BCUT2D eigenvalue weighted by Gasteiger charge is -2.08. The number of carbonyl (C=O) groups is 1. The van der Waals surface area contributed by atoms with Gasteiger partial charge in [0.2, 0.25) is 17.6 Å². The zero-order valence-electron chi connectivity index (χ0n) is 16.8. The summed E-state index contributed by atoms with van der Waals surface area (Å²) in [7, 11) is 0. The lowest BCUT2D eigenvalue weighted by Crippen LogP contribution is -2.12. The number of fused-ring (bicyclic) bond motifs is 1. The zero-order valence-corrected chi connectivity index (χ0v) is 16.8. The summed E-state index contributed by atoms with van der Waals surface area (Å²) in [5.74, 6) is 0.816. The summed E-state index contributed by atoms with van der Waals surface area (Å²) in [5.41, 5.74) is 2.75. The van der Waals surface area contributed by atoms with Gasteiger partial charge in [-0.25, -0.2) is 0 Å². The highest BCUT2D eigenvalue weighted by atomic mass is 16.5. The molecule has 0 bridgehead atoms. The molecule has 1 amide bonds. The van der Waals surface area contributed by atoms with E-state index in [4.69, 9.17) is 4.52 Å². The molecule has 2 aromatic heterocycles. The van der Waals surface area contributed by atoms with Gasteiger partial charge >= 0.3 is 0 Å². The number of amides is 1. The van der Waals surface area contributed by atoms with E-state index in [1.165, 1.54) is 5.56 Å². The van der Waals surface area contributed by atoms with E-state index >= 15 is 0 Å². The van der Waals surface area contributed by atoms with E-state index in [2.05, 4.69) is 34.3 Å². The molecule has 2 aromatic carbocycles. The third-order valence-electron chi connectivity index (χ3n) is 4.89. The molecule has 7 nitrogen and oxygen atoms in total. The summed E-state index contributed by atoms with van der Waals surface area (Å²) in [6.07, 6.45) is 0.482. The molecule has 0 saturated heterocycles. The molecule has 2 heterocycles. The Balaban J connectivity index is 1.40. The maximum atomic E-state index is 12.3. The smallest absolute Gasteiger partial charge is 0.259 e. The number of aromatic amines is 1. The summed E-state index contributed by atoms with van der Waals surface area (Å²) in [4.78, 5) is 31.7. The topological polar surface area (TPSA) is 101 Å². The van der Waals surface area contributed by atoms with Crippen molar-refractivity contribution in [1.29, 1.82) is 0 Å². The van der Waals surface area contributed by atoms with Crippen LogP contribution in [0.4, 0.5) is 5.69 Å². The molecule has 0 aliphatic carbocycles. The van der Waals surface area contributed by atoms with Crippen molar-refractivity contribution in [2.24, 2.45) is 0 Å². The number of aromatic nitrogens is 3. The van der Waals surface area contributed by atoms with Crippen LogP contribution >= 0.6 is 0 Å². The number of H-pyrrole nitrogens is 1. The standard InChI is InChI=1S/C23H22N4O3/c1-14(2)15-7-9-17(10-8-15)24-20(28)11-12-21-26-22(27-30-21)18-13-16-5-3-4-6-19(16)25-23(18)29/h3-10,13-14H,11-12H2,1-2H3,(H,24,28)(H,25,29). The van der Waals surface area contributed by atoms with Crippen LogP contribution in [-0.4, -0.2) is 21.0 Å². The van der Waals surface area contributed by atoms with Crippen molar-refractivity contribution in [2.75, 3.05) is 5.32 Å². The van der Waals surface area contributed by atoms with Gasteiger partial charge in [0.15, 0.2) is 0 Å². The molecule has 0 unspecified atom stereocenters. The third-order valence-corrected chi connectivity index (χ3v) is 4.89.